The predicted octanol–water partition coefficient (Wildman–Crippen LogP) is 1.41. The minimum Gasteiger partial charge on any atom is -0.491 e. The maximum absolute atomic E-state index is 5.60. The highest BCUT2D eigenvalue weighted by Gasteiger charge is 2.00. The number of hydrogen-bond acceptors (Lipinski definition) is 4. The molecule has 0 heterocycles. The first-order valence-corrected chi connectivity index (χ1v) is 7.53. The fourth-order valence-electron chi connectivity index (χ4n) is 1.78. The van der Waals surface area contributed by atoms with Gasteiger partial charge in [-0.15, -0.1) is 0 Å². The van der Waals surface area contributed by atoms with Crippen LogP contribution in [0, 0.1) is 0 Å². The van der Waals surface area contributed by atoms with E-state index in [0.717, 1.165) is 30.4 Å². The Kier molecular flexibility index (Phi) is 9.81. The Morgan fingerprint density at radius 1 is 1.18 bits per heavy atom. The van der Waals surface area contributed by atoms with Crippen LogP contribution in [-0.4, -0.2) is 53.1 Å². The van der Waals surface area contributed by atoms with Crippen LogP contribution in [0.3, 0.4) is 0 Å². The lowest BCUT2D eigenvalue weighted by Crippen LogP contribution is -2.38. The van der Waals surface area contributed by atoms with Crippen LogP contribution in [0.25, 0.3) is 0 Å². The van der Waals surface area contributed by atoms with Gasteiger partial charge in [-0.1, -0.05) is 12.1 Å². The van der Waals surface area contributed by atoms with E-state index in [0.29, 0.717) is 26.4 Å². The van der Waals surface area contributed by atoms with Crippen molar-refractivity contribution in [1.29, 1.82) is 0 Å². The molecule has 6 nitrogen and oxygen atoms in total. The largest absolute Gasteiger partial charge is 0.491 e. The third kappa shape index (κ3) is 7.85. The molecule has 0 unspecified atom stereocenters. The van der Waals surface area contributed by atoms with Crippen LogP contribution in [0.1, 0.15) is 12.5 Å². The van der Waals surface area contributed by atoms with Gasteiger partial charge in [-0.05, 0) is 24.6 Å². The number of ether oxygens (including phenoxy) is 3. The molecule has 0 aliphatic heterocycles. The maximum Gasteiger partial charge on any atom is 0.191 e. The first-order chi connectivity index (χ1) is 10.8. The van der Waals surface area contributed by atoms with Crippen LogP contribution in [0.2, 0.25) is 0 Å². The normalized spacial score (nSPS) is 11.3. The summed E-state index contributed by atoms with van der Waals surface area (Å²) < 4.78 is 15.8. The summed E-state index contributed by atoms with van der Waals surface area (Å²) in [5, 5.41) is 6.46. The van der Waals surface area contributed by atoms with E-state index in [9.17, 15) is 0 Å². The molecule has 1 aromatic rings. The zero-order chi connectivity index (χ0) is 16.0. The highest BCUT2D eigenvalue weighted by atomic mass is 16.5. The van der Waals surface area contributed by atoms with Crippen LogP contribution >= 0.6 is 0 Å². The zero-order valence-corrected chi connectivity index (χ0v) is 13.7. The molecule has 0 aliphatic rings. The monoisotopic (exact) mass is 309 g/mol. The molecule has 124 valence electrons. The topological polar surface area (TPSA) is 64.1 Å². The molecule has 22 heavy (non-hydrogen) atoms. The number of nitrogens with one attached hydrogen (secondary N) is 2. The zero-order valence-electron chi connectivity index (χ0n) is 13.7. The molecule has 0 amide bonds. The summed E-state index contributed by atoms with van der Waals surface area (Å²) in [6.07, 6.45) is 0. The van der Waals surface area contributed by atoms with Crippen LogP contribution in [0.5, 0.6) is 5.75 Å². The number of hydrogen-bond donors (Lipinski definition) is 2. The molecule has 0 spiro atoms. The Morgan fingerprint density at radius 2 is 2.05 bits per heavy atom. The van der Waals surface area contributed by atoms with Gasteiger partial charge >= 0.3 is 0 Å². The smallest absolute Gasteiger partial charge is 0.191 e. The van der Waals surface area contributed by atoms with E-state index in [1.54, 1.807) is 14.2 Å². The summed E-state index contributed by atoms with van der Waals surface area (Å²) in [6.45, 7) is 5.91. The van der Waals surface area contributed by atoms with Gasteiger partial charge < -0.3 is 24.8 Å². The van der Waals surface area contributed by atoms with Gasteiger partial charge in [0.1, 0.15) is 12.4 Å². The predicted molar refractivity (Wildman–Crippen MR) is 88.5 cm³/mol. The molecule has 0 aromatic heterocycles. The molecule has 0 saturated carbocycles. The van der Waals surface area contributed by atoms with Crippen molar-refractivity contribution in [2.75, 3.05) is 47.1 Å². The molecule has 1 rings (SSSR count). The van der Waals surface area contributed by atoms with Gasteiger partial charge in [-0.3, -0.25) is 4.99 Å². The van der Waals surface area contributed by atoms with Crippen LogP contribution < -0.4 is 15.4 Å². The van der Waals surface area contributed by atoms with Gasteiger partial charge in [0.05, 0.1) is 13.2 Å². The summed E-state index contributed by atoms with van der Waals surface area (Å²) >= 11 is 0. The molecule has 1 aromatic carbocycles. The molecule has 2 N–H and O–H groups in total. The molecule has 0 saturated heterocycles. The Labute approximate surface area is 132 Å². The summed E-state index contributed by atoms with van der Waals surface area (Å²) in [4.78, 5) is 4.17. The van der Waals surface area contributed by atoms with E-state index in [-0.39, 0.29) is 0 Å². The summed E-state index contributed by atoms with van der Waals surface area (Å²) in [7, 11) is 3.41. The van der Waals surface area contributed by atoms with Crippen molar-refractivity contribution < 1.29 is 14.2 Å². The van der Waals surface area contributed by atoms with E-state index < -0.39 is 0 Å². The fourth-order valence-corrected chi connectivity index (χ4v) is 1.78. The van der Waals surface area contributed by atoms with Crippen molar-refractivity contribution in [3.8, 4) is 5.75 Å². The SMILES string of the molecule is CCOCCNC(=NC)NCc1cccc(OCCOC)c1. The average molecular weight is 309 g/mol. The summed E-state index contributed by atoms with van der Waals surface area (Å²) in [5.74, 6) is 1.60. The fraction of sp³-hybridized carbons (Fsp3) is 0.562. The van der Waals surface area contributed by atoms with Crippen molar-refractivity contribution in [1.82, 2.24) is 10.6 Å². The Hall–Kier alpha value is -1.79. The molecule has 0 aliphatic carbocycles. The van der Waals surface area contributed by atoms with E-state index in [1.807, 2.05) is 31.2 Å². The minimum atomic E-state index is 0.550. The lowest BCUT2D eigenvalue weighted by molar-refractivity contribution is 0.146. The molecule has 6 heteroatoms. The number of methoxy groups -OCH3 is 1. The molecular formula is C16H27N3O3. The number of guanidine groups is 1. The van der Waals surface area contributed by atoms with Gasteiger partial charge in [-0.2, -0.15) is 0 Å². The van der Waals surface area contributed by atoms with E-state index in [2.05, 4.69) is 15.6 Å². The van der Waals surface area contributed by atoms with E-state index in [1.165, 1.54) is 0 Å². The molecule has 0 radical (unpaired) electrons. The third-order valence-corrected chi connectivity index (χ3v) is 2.88. The molecule has 0 atom stereocenters. The van der Waals surface area contributed by atoms with Gasteiger partial charge in [-0.25, -0.2) is 0 Å². The molecule has 0 fully saturated rings. The first kappa shape index (κ1) is 18.3. The Morgan fingerprint density at radius 3 is 2.77 bits per heavy atom. The number of aliphatic imine (C=N–C) groups is 1. The van der Waals surface area contributed by atoms with Crippen molar-refractivity contribution >= 4 is 5.96 Å². The van der Waals surface area contributed by atoms with Gasteiger partial charge in [0.25, 0.3) is 0 Å². The average Bonchev–Trinajstić information content (AvgIpc) is 2.55. The lowest BCUT2D eigenvalue weighted by Gasteiger charge is -2.12. The minimum absolute atomic E-state index is 0.550. The Bertz CT molecular complexity index is 438. The highest BCUT2D eigenvalue weighted by molar-refractivity contribution is 5.79. The quantitative estimate of drug-likeness (QED) is 0.389. The molecule has 0 bridgehead atoms. The second kappa shape index (κ2) is 11.8. The summed E-state index contributed by atoms with van der Waals surface area (Å²) in [6, 6.07) is 7.97. The number of benzene rings is 1. The highest BCUT2D eigenvalue weighted by Crippen LogP contribution is 2.13. The third-order valence-electron chi connectivity index (χ3n) is 2.88. The van der Waals surface area contributed by atoms with Crippen molar-refractivity contribution in [2.24, 2.45) is 4.99 Å². The summed E-state index contributed by atoms with van der Waals surface area (Å²) in [5.41, 5.74) is 1.13. The van der Waals surface area contributed by atoms with E-state index >= 15 is 0 Å². The van der Waals surface area contributed by atoms with Crippen LogP contribution in [0.4, 0.5) is 0 Å². The van der Waals surface area contributed by atoms with Crippen molar-refractivity contribution in [2.45, 2.75) is 13.5 Å². The van der Waals surface area contributed by atoms with Gasteiger partial charge in [0, 0.05) is 33.9 Å². The number of rotatable bonds is 10. The number of nitrogens with zero attached hydrogens (tertiary/aromatic N) is 1. The lowest BCUT2D eigenvalue weighted by atomic mass is 10.2. The standard InChI is InChI=1S/C16H27N3O3/c1-4-21-9-8-18-16(17-2)19-13-14-6-5-7-15(12-14)22-11-10-20-3/h5-7,12H,4,8-11,13H2,1-3H3,(H2,17,18,19). The van der Waals surface area contributed by atoms with Crippen LogP contribution in [-0.2, 0) is 16.0 Å². The van der Waals surface area contributed by atoms with Crippen LogP contribution in [0.15, 0.2) is 29.3 Å². The van der Waals surface area contributed by atoms with E-state index in [4.69, 9.17) is 14.2 Å². The van der Waals surface area contributed by atoms with Crippen molar-refractivity contribution in [3.63, 3.8) is 0 Å². The molecular weight excluding hydrogens is 282 g/mol. The van der Waals surface area contributed by atoms with Crippen molar-refractivity contribution in [3.05, 3.63) is 29.8 Å². The second-order valence-electron chi connectivity index (χ2n) is 4.54. The second-order valence-corrected chi connectivity index (χ2v) is 4.54. The van der Waals surface area contributed by atoms with Gasteiger partial charge in [0.2, 0.25) is 0 Å². The Balaban J connectivity index is 2.37. The maximum atomic E-state index is 5.60. The van der Waals surface area contributed by atoms with Gasteiger partial charge in [0.15, 0.2) is 5.96 Å². The first-order valence-electron chi connectivity index (χ1n) is 7.53.